The number of nitriles is 1. The summed E-state index contributed by atoms with van der Waals surface area (Å²) < 4.78 is 0. The van der Waals surface area contributed by atoms with Crippen molar-refractivity contribution in [1.29, 1.82) is 5.26 Å². The van der Waals surface area contributed by atoms with Crippen LogP contribution in [0, 0.1) is 11.3 Å². The molecule has 2 atom stereocenters. The van der Waals surface area contributed by atoms with Crippen molar-refractivity contribution in [2.45, 2.75) is 25.0 Å². The molecule has 1 aromatic rings. The highest BCUT2D eigenvalue weighted by atomic mass is 16.3. The van der Waals surface area contributed by atoms with Crippen LogP contribution in [0.5, 0.6) is 0 Å². The number of hydrogen-bond acceptors (Lipinski definition) is 5. The molecule has 0 spiro atoms. The molecular formula is C13H16N2O3. The molecule has 0 radical (unpaired) electrons. The maximum Gasteiger partial charge on any atom is 0.177 e. The summed E-state index contributed by atoms with van der Waals surface area (Å²) in [5.74, 6) is -0.368. The second kappa shape index (κ2) is 6.87. The molecule has 0 aliphatic rings. The molecule has 0 heterocycles. The van der Waals surface area contributed by atoms with E-state index in [-0.39, 0.29) is 30.7 Å². The van der Waals surface area contributed by atoms with Gasteiger partial charge >= 0.3 is 0 Å². The van der Waals surface area contributed by atoms with Gasteiger partial charge in [0.2, 0.25) is 0 Å². The summed E-state index contributed by atoms with van der Waals surface area (Å²) in [7, 11) is 0. The summed E-state index contributed by atoms with van der Waals surface area (Å²) >= 11 is 0. The number of carbonyl (C=O) groups excluding carboxylic acids is 1. The van der Waals surface area contributed by atoms with E-state index in [9.17, 15) is 15.0 Å². The van der Waals surface area contributed by atoms with E-state index in [0.717, 1.165) is 0 Å². The predicted octanol–water partition coefficient (Wildman–Crippen LogP) is 0.526. The van der Waals surface area contributed by atoms with E-state index in [0.29, 0.717) is 5.56 Å². The van der Waals surface area contributed by atoms with E-state index >= 15 is 0 Å². The van der Waals surface area contributed by atoms with E-state index in [4.69, 9.17) is 11.0 Å². The second-order valence-electron chi connectivity index (χ2n) is 3.93. The summed E-state index contributed by atoms with van der Waals surface area (Å²) in [5, 5.41) is 28.2. The highest BCUT2D eigenvalue weighted by molar-refractivity contribution is 5.98. The zero-order valence-corrected chi connectivity index (χ0v) is 9.91. The lowest BCUT2D eigenvalue weighted by Gasteiger charge is -2.19. The monoisotopic (exact) mass is 248 g/mol. The standard InChI is InChI=1S/C13H16N2O3/c14-7-5-11(16)9-3-1-2-4-10(9)13(18)12(17)6-8-15/h1-4,12-13,17-18H,5-6,8,15H2. The second-order valence-corrected chi connectivity index (χ2v) is 3.93. The summed E-state index contributed by atoms with van der Waals surface area (Å²) in [6, 6.07) is 8.18. The molecule has 0 fully saturated rings. The van der Waals surface area contributed by atoms with Crippen LogP contribution in [0.1, 0.15) is 34.9 Å². The molecule has 5 heteroatoms. The normalized spacial score (nSPS) is 13.7. The molecule has 0 aromatic heterocycles. The lowest BCUT2D eigenvalue weighted by atomic mass is 9.94. The Morgan fingerprint density at radius 1 is 1.39 bits per heavy atom. The highest BCUT2D eigenvalue weighted by Crippen LogP contribution is 2.23. The Hall–Kier alpha value is -1.74. The van der Waals surface area contributed by atoms with E-state index in [1.807, 2.05) is 0 Å². The molecule has 1 rings (SSSR count). The molecule has 1 aromatic carbocycles. The molecule has 96 valence electrons. The minimum Gasteiger partial charge on any atom is -0.390 e. The summed E-state index contributed by atoms with van der Waals surface area (Å²) in [6.07, 6.45) is -2.21. The summed E-state index contributed by atoms with van der Waals surface area (Å²) in [6.45, 7) is 0.243. The molecule has 0 amide bonds. The van der Waals surface area contributed by atoms with Crippen molar-refractivity contribution in [3.63, 3.8) is 0 Å². The van der Waals surface area contributed by atoms with Gasteiger partial charge in [-0.3, -0.25) is 4.79 Å². The maximum atomic E-state index is 11.7. The van der Waals surface area contributed by atoms with Crippen LogP contribution in [-0.2, 0) is 0 Å². The third-order valence-corrected chi connectivity index (χ3v) is 2.65. The molecule has 0 bridgehead atoms. The molecule has 4 N–H and O–H groups in total. The molecule has 5 nitrogen and oxygen atoms in total. The Labute approximate surface area is 105 Å². The van der Waals surface area contributed by atoms with Gasteiger partial charge < -0.3 is 15.9 Å². The smallest absolute Gasteiger partial charge is 0.177 e. The van der Waals surface area contributed by atoms with Gasteiger partial charge in [-0.2, -0.15) is 5.26 Å². The largest absolute Gasteiger partial charge is 0.390 e. The molecule has 0 saturated heterocycles. The van der Waals surface area contributed by atoms with Gasteiger partial charge in [-0.1, -0.05) is 24.3 Å². The van der Waals surface area contributed by atoms with Gasteiger partial charge in [0.25, 0.3) is 0 Å². The van der Waals surface area contributed by atoms with Crippen molar-refractivity contribution < 1.29 is 15.0 Å². The van der Waals surface area contributed by atoms with E-state index in [1.54, 1.807) is 24.3 Å². The van der Waals surface area contributed by atoms with Crippen LogP contribution in [0.2, 0.25) is 0 Å². The number of ketones is 1. The van der Waals surface area contributed by atoms with Gasteiger partial charge in [-0.15, -0.1) is 0 Å². The Balaban J connectivity index is 3.02. The molecular weight excluding hydrogens is 232 g/mol. The molecule has 0 aliphatic carbocycles. The number of nitrogens with zero attached hydrogens (tertiary/aromatic N) is 1. The van der Waals surface area contributed by atoms with E-state index in [1.165, 1.54) is 6.07 Å². The van der Waals surface area contributed by atoms with Crippen molar-refractivity contribution in [2.24, 2.45) is 5.73 Å². The number of benzene rings is 1. The number of rotatable bonds is 6. The lowest BCUT2D eigenvalue weighted by molar-refractivity contribution is 0.0146. The highest BCUT2D eigenvalue weighted by Gasteiger charge is 2.22. The molecule has 0 saturated carbocycles. The molecule has 0 aliphatic heterocycles. The van der Waals surface area contributed by atoms with Gasteiger partial charge in [0.05, 0.1) is 18.6 Å². The van der Waals surface area contributed by atoms with Crippen LogP contribution in [0.4, 0.5) is 0 Å². The Morgan fingerprint density at radius 2 is 2.06 bits per heavy atom. The first kappa shape index (κ1) is 14.3. The van der Waals surface area contributed by atoms with E-state index in [2.05, 4.69) is 0 Å². The van der Waals surface area contributed by atoms with Gasteiger partial charge in [0.15, 0.2) is 5.78 Å². The number of aliphatic hydroxyl groups is 2. The third kappa shape index (κ3) is 3.37. The quantitative estimate of drug-likeness (QED) is 0.636. The zero-order chi connectivity index (χ0) is 13.5. The first-order chi connectivity index (χ1) is 8.61. The predicted molar refractivity (Wildman–Crippen MR) is 65.6 cm³/mol. The van der Waals surface area contributed by atoms with Crippen LogP contribution >= 0.6 is 0 Å². The lowest BCUT2D eigenvalue weighted by Crippen LogP contribution is -2.23. The van der Waals surface area contributed by atoms with Crippen LogP contribution in [0.3, 0.4) is 0 Å². The number of aliphatic hydroxyl groups excluding tert-OH is 2. The van der Waals surface area contributed by atoms with Crippen LogP contribution in [0.15, 0.2) is 24.3 Å². The fourth-order valence-electron chi connectivity index (χ4n) is 1.71. The summed E-state index contributed by atoms with van der Waals surface area (Å²) in [4.78, 5) is 11.7. The van der Waals surface area contributed by atoms with Crippen LogP contribution in [0.25, 0.3) is 0 Å². The van der Waals surface area contributed by atoms with Crippen LogP contribution in [-0.4, -0.2) is 28.6 Å². The van der Waals surface area contributed by atoms with Crippen molar-refractivity contribution in [1.82, 2.24) is 0 Å². The number of nitrogens with two attached hydrogens (primary N) is 1. The minimum atomic E-state index is -1.17. The molecule has 18 heavy (non-hydrogen) atoms. The van der Waals surface area contributed by atoms with Crippen molar-refractivity contribution in [2.75, 3.05) is 6.54 Å². The van der Waals surface area contributed by atoms with Crippen molar-refractivity contribution in [3.05, 3.63) is 35.4 Å². The van der Waals surface area contributed by atoms with Gasteiger partial charge in [-0.25, -0.2) is 0 Å². The Morgan fingerprint density at radius 3 is 2.67 bits per heavy atom. The number of Topliss-reactive ketones (excluding diaryl/α,β-unsaturated/α-hetero) is 1. The maximum absolute atomic E-state index is 11.7. The minimum absolute atomic E-state index is 0.238. The zero-order valence-electron chi connectivity index (χ0n) is 9.91. The first-order valence-electron chi connectivity index (χ1n) is 5.67. The van der Waals surface area contributed by atoms with Crippen LogP contribution < -0.4 is 5.73 Å². The summed E-state index contributed by atoms with van der Waals surface area (Å²) in [5.41, 5.74) is 5.91. The average molecular weight is 248 g/mol. The van der Waals surface area contributed by atoms with Gasteiger partial charge in [0, 0.05) is 5.56 Å². The van der Waals surface area contributed by atoms with Crippen molar-refractivity contribution >= 4 is 5.78 Å². The van der Waals surface area contributed by atoms with Gasteiger partial charge in [-0.05, 0) is 18.5 Å². The fraction of sp³-hybridized carbons (Fsp3) is 0.385. The fourth-order valence-corrected chi connectivity index (χ4v) is 1.71. The first-order valence-corrected chi connectivity index (χ1v) is 5.67. The number of carbonyl (C=O) groups is 1. The van der Waals surface area contributed by atoms with E-state index < -0.39 is 12.2 Å². The molecule has 2 unspecified atom stereocenters. The van der Waals surface area contributed by atoms with Gasteiger partial charge in [0.1, 0.15) is 6.10 Å². The Bertz CT molecular complexity index is 454. The number of hydrogen-bond donors (Lipinski definition) is 3. The Kier molecular flexibility index (Phi) is 5.46. The topological polar surface area (TPSA) is 107 Å². The average Bonchev–Trinajstić information content (AvgIpc) is 2.38. The van der Waals surface area contributed by atoms with Crippen molar-refractivity contribution in [3.8, 4) is 6.07 Å². The SMILES string of the molecule is N#CCC(=O)c1ccccc1C(O)C(O)CCN. The third-order valence-electron chi connectivity index (χ3n) is 2.65.